The van der Waals surface area contributed by atoms with Gasteiger partial charge in [-0.25, -0.2) is 14.8 Å². The molecule has 1 aromatic carbocycles. The van der Waals surface area contributed by atoms with E-state index in [4.69, 9.17) is 4.74 Å². The SMILES string of the molecule is O=C(N1CCOCC1)N1CCN(c2ncnc3ccccc23)CC1. The number of anilines is 1. The number of rotatable bonds is 1. The summed E-state index contributed by atoms with van der Waals surface area (Å²) in [7, 11) is 0. The molecular formula is C17H21N5O2. The molecule has 0 spiro atoms. The highest BCUT2D eigenvalue weighted by Crippen LogP contribution is 2.23. The molecule has 0 unspecified atom stereocenters. The molecule has 1 aromatic heterocycles. The Morgan fingerprint density at radius 3 is 2.42 bits per heavy atom. The van der Waals surface area contributed by atoms with Crippen LogP contribution < -0.4 is 4.90 Å². The fraction of sp³-hybridized carbons (Fsp3) is 0.471. The molecule has 24 heavy (non-hydrogen) atoms. The van der Waals surface area contributed by atoms with E-state index < -0.39 is 0 Å². The molecule has 0 aliphatic carbocycles. The minimum atomic E-state index is 0.130. The molecule has 2 amide bonds. The smallest absolute Gasteiger partial charge is 0.320 e. The molecule has 0 radical (unpaired) electrons. The van der Waals surface area contributed by atoms with Crippen molar-refractivity contribution in [3.05, 3.63) is 30.6 Å². The normalized spacial score (nSPS) is 18.9. The van der Waals surface area contributed by atoms with Crippen LogP contribution in [0.15, 0.2) is 30.6 Å². The lowest BCUT2D eigenvalue weighted by Crippen LogP contribution is -2.55. The summed E-state index contributed by atoms with van der Waals surface area (Å²) in [5, 5.41) is 1.06. The average Bonchev–Trinajstić information content (AvgIpc) is 2.68. The third-order valence-corrected chi connectivity index (χ3v) is 4.65. The van der Waals surface area contributed by atoms with Gasteiger partial charge in [-0.2, -0.15) is 0 Å². The van der Waals surface area contributed by atoms with Crippen LogP contribution in [0.25, 0.3) is 10.9 Å². The van der Waals surface area contributed by atoms with Crippen molar-refractivity contribution < 1.29 is 9.53 Å². The monoisotopic (exact) mass is 327 g/mol. The molecule has 2 fully saturated rings. The molecule has 7 nitrogen and oxygen atoms in total. The lowest BCUT2D eigenvalue weighted by molar-refractivity contribution is 0.0428. The van der Waals surface area contributed by atoms with Gasteiger partial charge in [0.05, 0.1) is 18.7 Å². The number of urea groups is 1. The highest BCUT2D eigenvalue weighted by Gasteiger charge is 2.27. The lowest BCUT2D eigenvalue weighted by Gasteiger charge is -2.39. The van der Waals surface area contributed by atoms with Gasteiger partial charge in [0.2, 0.25) is 0 Å². The molecule has 0 atom stereocenters. The number of nitrogens with zero attached hydrogens (tertiary/aromatic N) is 5. The summed E-state index contributed by atoms with van der Waals surface area (Å²) >= 11 is 0. The zero-order valence-corrected chi connectivity index (χ0v) is 13.6. The van der Waals surface area contributed by atoms with E-state index >= 15 is 0 Å². The maximum Gasteiger partial charge on any atom is 0.320 e. The van der Waals surface area contributed by atoms with Gasteiger partial charge in [0.25, 0.3) is 0 Å². The summed E-state index contributed by atoms with van der Waals surface area (Å²) in [5.41, 5.74) is 0.953. The molecule has 2 saturated heterocycles. The first kappa shape index (κ1) is 15.1. The van der Waals surface area contributed by atoms with Crippen molar-refractivity contribution in [3.63, 3.8) is 0 Å². The molecule has 4 rings (SSSR count). The van der Waals surface area contributed by atoms with Crippen LogP contribution in [0.4, 0.5) is 10.6 Å². The van der Waals surface area contributed by atoms with Gasteiger partial charge in [0, 0.05) is 44.7 Å². The Labute approximate surface area is 140 Å². The van der Waals surface area contributed by atoms with Crippen molar-refractivity contribution in [2.24, 2.45) is 0 Å². The summed E-state index contributed by atoms with van der Waals surface area (Å²) in [6.45, 7) is 5.67. The predicted molar refractivity (Wildman–Crippen MR) is 91.1 cm³/mol. The quantitative estimate of drug-likeness (QED) is 0.788. The first-order chi connectivity index (χ1) is 11.8. The molecule has 2 aliphatic rings. The van der Waals surface area contributed by atoms with Crippen LogP contribution in [0.1, 0.15) is 0 Å². The maximum atomic E-state index is 12.6. The zero-order valence-electron chi connectivity index (χ0n) is 13.6. The Morgan fingerprint density at radius 2 is 1.62 bits per heavy atom. The van der Waals surface area contributed by atoms with Crippen LogP contribution in [0.3, 0.4) is 0 Å². The second-order valence-electron chi connectivity index (χ2n) is 6.07. The Balaban J connectivity index is 1.45. The van der Waals surface area contributed by atoms with Crippen LogP contribution in [-0.4, -0.2) is 78.3 Å². The van der Waals surface area contributed by atoms with Gasteiger partial charge in [-0.3, -0.25) is 0 Å². The second kappa shape index (κ2) is 6.60. The van der Waals surface area contributed by atoms with E-state index in [2.05, 4.69) is 20.9 Å². The van der Waals surface area contributed by atoms with Crippen LogP contribution in [0.2, 0.25) is 0 Å². The van der Waals surface area contributed by atoms with E-state index in [1.165, 1.54) is 0 Å². The number of carbonyl (C=O) groups excluding carboxylic acids is 1. The second-order valence-corrected chi connectivity index (χ2v) is 6.07. The lowest BCUT2D eigenvalue weighted by atomic mass is 10.2. The Morgan fingerprint density at radius 1 is 0.917 bits per heavy atom. The van der Waals surface area contributed by atoms with Crippen LogP contribution in [0, 0.1) is 0 Å². The van der Waals surface area contributed by atoms with E-state index in [-0.39, 0.29) is 6.03 Å². The van der Waals surface area contributed by atoms with Gasteiger partial charge in [0.1, 0.15) is 12.1 Å². The number of hydrogen-bond acceptors (Lipinski definition) is 5. The molecule has 0 N–H and O–H groups in total. The van der Waals surface area contributed by atoms with E-state index in [9.17, 15) is 4.79 Å². The minimum Gasteiger partial charge on any atom is -0.378 e. The topological polar surface area (TPSA) is 61.8 Å². The number of benzene rings is 1. The number of piperazine rings is 1. The van der Waals surface area contributed by atoms with Crippen LogP contribution in [-0.2, 0) is 4.74 Å². The molecule has 3 heterocycles. The molecule has 126 valence electrons. The number of para-hydroxylation sites is 1. The molecule has 2 aromatic rings. The molecule has 7 heteroatoms. The fourth-order valence-electron chi connectivity index (χ4n) is 3.31. The average molecular weight is 327 g/mol. The number of morpholine rings is 1. The summed E-state index contributed by atoms with van der Waals surface area (Å²) in [4.78, 5) is 27.4. The fourth-order valence-corrected chi connectivity index (χ4v) is 3.31. The number of hydrogen-bond donors (Lipinski definition) is 0. The highest BCUT2D eigenvalue weighted by atomic mass is 16.5. The third-order valence-electron chi connectivity index (χ3n) is 4.65. The van der Waals surface area contributed by atoms with Gasteiger partial charge >= 0.3 is 6.03 Å². The highest BCUT2D eigenvalue weighted by molar-refractivity contribution is 5.89. The first-order valence-corrected chi connectivity index (χ1v) is 8.39. The standard InChI is InChI=1S/C17H21N5O2/c23-17(22-9-11-24-12-10-22)21-7-5-20(6-8-21)16-14-3-1-2-4-15(14)18-13-19-16/h1-4,13H,5-12H2. The minimum absolute atomic E-state index is 0.130. The number of amides is 2. The number of ether oxygens (including phenoxy) is 1. The summed E-state index contributed by atoms with van der Waals surface area (Å²) in [6, 6.07) is 8.17. The zero-order chi connectivity index (χ0) is 16.4. The van der Waals surface area contributed by atoms with Crippen molar-refractivity contribution in [1.29, 1.82) is 0 Å². The Kier molecular flexibility index (Phi) is 4.17. The molecule has 0 saturated carbocycles. The molecule has 0 bridgehead atoms. The molecular weight excluding hydrogens is 306 g/mol. The van der Waals surface area contributed by atoms with Crippen molar-refractivity contribution in [2.45, 2.75) is 0 Å². The van der Waals surface area contributed by atoms with Gasteiger partial charge < -0.3 is 19.4 Å². The summed E-state index contributed by atoms with van der Waals surface area (Å²) in [6.07, 6.45) is 1.61. The Bertz CT molecular complexity index is 718. The van der Waals surface area contributed by atoms with Gasteiger partial charge in [-0.15, -0.1) is 0 Å². The van der Waals surface area contributed by atoms with Crippen molar-refractivity contribution in [2.75, 3.05) is 57.4 Å². The largest absolute Gasteiger partial charge is 0.378 e. The van der Waals surface area contributed by atoms with Gasteiger partial charge in [-0.05, 0) is 12.1 Å². The van der Waals surface area contributed by atoms with Crippen molar-refractivity contribution in [1.82, 2.24) is 19.8 Å². The molecule has 2 aliphatic heterocycles. The summed E-state index contributed by atoms with van der Waals surface area (Å²) < 4.78 is 5.32. The van der Waals surface area contributed by atoms with Crippen LogP contribution >= 0.6 is 0 Å². The number of aromatic nitrogens is 2. The van der Waals surface area contributed by atoms with Crippen molar-refractivity contribution in [3.8, 4) is 0 Å². The summed E-state index contributed by atoms with van der Waals surface area (Å²) in [5.74, 6) is 0.957. The number of fused-ring (bicyclic) bond motifs is 1. The third kappa shape index (κ3) is 2.87. The van der Waals surface area contributed by atoms with E-state index in [0.29, 0.717) is 39.4 Å². The van der Waals surface area contributed by atoms with E-state index in [1.807, 2.05) is 28.0 Å². The predicted octanol–water partition coefficient (Wildman–Crippen LogP) is 1.20. The Hall–Kier alpha value is -2.41. The van der Waals surface area contributed by atoms with E-state index in [1.54, 1.807) is 6.33 Å². The van der Waals surface area contributed by atoms with E-state index in [0.717, 1.165) is 29.8 Å². The van der Waals surface area contributed by atoms with Crippen LogP contribution in [0.5, 0.6) is 0 Å². The van der Waals surface area contributed by atoms with Gasteiger partial charge in [0.15, 0.2) is 0 Å². The van der Waals surface area contributed by atoms with Gasteiger partial charge in [-0.1, -0.05) is 12.1 Å². The first-order valence-electron chi connectivity index (χ1n) is 8.39. The van der Waals surface area contributed by atoms with Crippen molar-refractivity contribution >= 4 is 22.8 Å². The number of carbonyl (C=O) groups is 1. The maximum absolute atomic E-state index is 12.6.